The Morgan fingerprint density at radius 1 is 1.10 bits per heavy atom. The molecule has 0 aliphatic heterocycles. The average Bonchev–Trinajstić information content (AvgIpc) is 2.74. The predicted octanol–water partition coefficient (Wildman–Crippen LogP) is 5.08. The lowest BCUT2D eigenvalue weighted by Crippen LogP contribution is -2.45. The van der Waals surface area contributed by atoms with Crippen LogP contribution >= 0.6 is 23.2 Å². The number of ketones is 2. The van der Waals surface area contributed by atoms with Gasteiger partial charge in [-0.3, -0.25) is 9.59 Å². The van der Waals surface area contributed by atoms with Crippen LogP contribution in [0, 0.1) is 12.3 Å². The molecule has 0 radical (unpaired) electrons. The summed E-state index contributed by atoms with van der Waals surface area (Å²) in [6, 6.07) is 0. The summed E-state index contributed by atoms with van der Waals surface area (Å²) in [4.78, 5) is 33.9. The minimum absolute atomic E-state index is 0.0460. The van der Waals surface area contributed by atoms with Crippen LogP contribution in [0.1, 0.15) is 76.1 Å². The molecule has 6 nitrogen and oxygen atoms in total. The number of unbranched alkanes of at least 4 members (excludes halogenated alkanes) is 1. The van der Waals surface area contributed by atoms with E-state index in [9.17, 15) is 9.59 Å². The van der Waals surface area contributed by atoms with Gasteiger partial charge in [0.2, 0.25) is 0 Å². The molecule has 2 aliphatic rings. The van der Waals surface area contributed by atoms with E-state index < -0.39 is 5.41 Å². The van der Waals surface area contributed by atoms with E-state index in [1.165, 1.54) is 12.8 Å². The number of hydrogen-bond donors (Lipinski definition) is 1. The van der Waals surface area contributed by atoms with Crippen molar-refractivity contribution in [1.29, 1.82) is 0 Å². The third-order valence-electron chi connectivity index (χ3n) is 5.83. The number of carbonyl (C=O) groups excluding carboxylic acids is 2. The van der Waals surface area contributed by atoms with Crippen molar-refractivity contribution in [1.82, 2.24) is 9.97 Å². The Morgan fingerprint density at radius 2 is 1.73 bits per heavy atom. The van der Waals surface area contributed by atoms with Gasteiger partial charge in [-0.25, -0.2) is 9.97 Å². The molecule has 2 aliphatic carbocycles. The maximum Gasteiger partial charge on any atom is 0.178 e. The molecule has 0 unspecified atom stereocenters. The van der Waals surface area contributed by atoms with Crippen molar-refractivity contribution in [2.75, 3.05) is 13.7 Å². The van der Waals surface area contributed by atoms with Gasteiger partial charge in [-0.05, 0) is 45.4 Å². The second-order valence-corrected chi connectivity index (χ2v) is 8.60. The van der Waals surface area contributed by atoms with Crippen LogP contribution in [0.5, 0.6) is 0 Å². The van der Waals surface area contributed by atoms with Crippen molar-refractivity contribution in [3.63, 3.8) is 0 Å². The summed E-state index contributed by atoms with van der Waals surface area (Å²) in [7, 11) is 1.73. The van der Waals surface area contributed by atoms with Gasteiger partial charge in [-0.2, -0.15) is 0 Å². The van der Waals surface area contributed by atoms with Crippen molar-refractivity contribution >= 4 is 40.5 Å². The van der Waals surface area contributed by atoms with Crippen LogP contribution in [-0.2, 0) is 14.3 Å². The molecular formula is C22H31Cl2N3O3. The van der Waals surface area contributed by atoms with Crippen LogP contribution in [0.3, 0.4) is 0 Å². The molecule has 1 atom stereocenters. The van der Waals surface area contributed by atoms with Crippen LogP contribution in [0.15, 0.2) is 5.57 Å². The fourth-order valence-corrected chi connectivity index (χ4v) is 4.33. The van der Waals surface area contributed by atoms with Crippen molar-refractivity contribution in [3.05, 3.63) is 27.3 Å². The van der Waals surface area contributed by atoms with E-state index in [0.29, 0.717) is 36.8 Å². The molecule has 0 aromatic carbocycles. The lowest BCUT2D eigenvalue weighted by Gasteiger charge is -2.38. The van der Waals surface area contributed by atoms with Gasteiger partial charge < -0.3 is 10.5 Å². The second-order valence-electron chi connectivity index (χ2n) is 7.89. The zero-order valence-corrected chi connectivity index (χ0v) is 19.5. The van der Waals surface area contributed by atoms with E-state index in [1.54, 1.807) is 14.0 Å². The zero-order valence-electron chi connectivity index (χ0n) is 18.0. The number of rotatable bonds is 4. The fourth-order valence-electron chi connectivity index (χ4n) is 3.94. The maximum absolute atomic E-state index is 13.1. The number of aromatic nitrogens is 2. The standard InChI is InChI=1S/C17H19Cl2N3O2.C5H12O/c1-9-14(18)21-16(22-15(9)19)12(20)10-5-4-8-17(13(10)24)7-3-2-6-11(17)23;1-3-4-5-6-2/h2-8,20H2,1H3;3-5H2,1-2H3/b12-10-;/t17-;/m1./s1. The predicted molar refractivity (Wildman–Crippen MR) is 119 cm³/mol. The van der Waals surface area contributed by atoms with Crippen molar-refractivity contribution in [2.45, 2.75) is 71.6 Å². The number of allylic oxidation sites excluding steroid dienone is 1. The topological polar surface area (TPSA) is 95.2 Å². The van der Waals surface area contributed by atoms with Crippen molar-refractivity contribution in [2.24, 2.45) is 11.1 Å². The zero-order chi connectivity index (χ0) is 22.3. The Labute approximate surface area is 188 Å². The fraction of sp³-hybridized carbons (Fsp3) is 0.636. The molecule has 2 saturated carbocycles. The smallest absolute Gasteiger partial charge is 0.178 e. The molecule has 0 saturated heterocycles. The van der Waals surface area contributed by atoms with Crippen LogP contribution in [-0.4, -0.2) is 35.3 Å². The number of hydrogen-bond acceptors (Lipinski definition) is 6. The Hall–Kier alpha value is -1.50. The monoisotopic (exact) mass is 455 g/mol. The molecule has 2 N–H and O–H groups in total. The van der Waals surface area contributed by atoms with Crippen LogP contribution < -0.4 is 5.73 Å². The van der Waals surface area contributed by atoms with Crippen LogP contribution in [0.25, 0.3) is 5.70 Å². The minimum Gasteiger partial charge on any atom is -0.395 e. The van der Waals surface area contributed by atoms with Gasteiger partial charge in [-0.1, -0.05) is 43.0 Å². The van der Waals surface area contributed by atoms with Crippen molar-refractivity contribution < 1.29 is 14.3 Å². The molecule has 1 spiro atoms. The van der Waals surface area contributed by atoms with Gasteiger partial charge in [0.05, 0.1) is 11.1 Å². The van der Waals surface area contributed by atoms with E-state index in [-0.39, 0.29) is 33.4 Å². The first-order valence-corrected chi connectivity index (χ1v) is 11.3. The molecule has 0 amide bonds. The summed E-state index contributed by atoms with van der Waals surface area (Å²) in [5, 5.41) is 0.417. The Morgan fingerprint density at radius 3 is 2.27 bits per heavy atom. The lowest BCUT2D eigenvalue weighted by atomic mass is 9.62. The van der Waals surface area contributed by atoms with Crippen LogP contribution in [0.4, 0.5) is 0 Å². The molecule has 1 aromatic heterocycles. The van der Waals surface area contributed by atoms with E-state index in [1.807, 2.05) is 0 Å². The number of ether oxygens (including phenoxy) is 1. The van der Waals surface area contributed by atoms with Gasteiger partial charge in [0.15, 0.2) is 11.6 Å². The maximum atomic E-state index is 13.1. The summed E-state index contributed by atoms with van der Waals surface area (Å²) in [5.41, 5.74) is 6.48. The molecule has 1 aromatic rings. The Bertz CT molecular complexity index is 795. The first-order chi connectivity index (χ1) is 14.3. The highest BCUT2D eigenvalue weighted by Crippen LogP contribution is 2.45. The average molecular weight is 456 g/mol. The molecule has 2 fully saturated rings. The van der Waals surface area contributed by atoms with Gasteiger partial charge in [-0.15, -0.1) is 0 Å². The highest BCUT2D eigenvalue weighted by Gasteiger charge is 2.49. The first kappa shape index (κ1) is 24.8. The number of halogens is 2. The van der Waals surface area contributed by atoms with Crippen LogP contribution in [0.2, 0.25) is 10.3 Å². The number of Topliss-reactive ketones (excluding diaryl/α,β-unsaturated/α-hetero) is 2. The normalized spacial score (nSPS) is 23.2. The summed E-state index contributed by atoms with van der Waals surface area (Å²) in [6.45, 7) is 4.77. The summed E-state index contributed by atoms with van der Waals surface area (Å²) in [5.74, 6) is 0.0382. The molecule has 30 heavy (non-hydrogen) atoms. The highest BCUT2D eigenvalue weighted by atomic mass is 35.5. The Kier molecular flexibility index (Phi) is 9.26. The van der Waals surface area contributed by atoms with Crippen molar-refractivity contribution in [3.8, 4) is 0 Å². The number of nitrogens with zero attached hydrogens (tertiary/aromatic N) is 2. The van der Waals surface area contributed by atoms with Gasteiger partial charge in [0, 0.05) is 31.3 Å². The van der Waals surface area contributed by atoms with E-state index in [2.05, 4.69) is 16.9 Å². The molecule has 0 bridgehead atoms. The Balaban J connectivity index is 0.000000469. The van der Waals surface area contributed by atoms with Gasteiger partial charge >= 0.3 is 0 Å². The molecular weight excluding hydrogens is 425 g/mol. The quantitative estimate of drug-likeness (QED) is 0.294. The number of nitrogens with two attached hydrogens (primary N) is 1. The summed E-state index contributed by atoms with van der Waals surface area (Å²) >= 11 is 12.1. The number of methoxy groups -OCH3 is 1. The molecule has 3 rings (SSSR count). The first-order valence-electron chi connectivity index (χ1n) is 10.5. The lowest BCUT2D eigenvalue weighted by molar-refractivity contribution is -0.143. The summed E-state index contributed by atoms with van der Waals surface area (Å²) in [6.07, 6.45) is 7.13. The SMILES string of the molecule is CCCCOC.Cc1c(Cl)nc(/C(N)=C2\CCC[C@@]3(CCCCC3=O)C2=O)nc1Cl. The van der Waals surface area contributed by atoms with E-state index in [0.717, 1.165) is 25.9 Å². The van der Waals surface area contributed by atoms with Gasteiger partial charge in [0.25, 0.3) is 0 Å². The molecule has 8 heteroatoms. The summed E-state index contributed by atoms with van der Waals surface area (Å²) < 4.78 is 4.78. The minimum atomic E-state index is -0.894. The second kappa shape index (κ2) is 11.2. The molecule has 1 heterocycles. The largest absolute Gasteiger partial charge is 0.395 e. The third-order valence-corrected chi connectivity index (χ3v) is 6.56. The van der Waals surface area contributed by atoms with Gasteiger partial charge in [0.1, 0.15) is 16.1 Å². The third kappa shape index (κ3) is 5.40. The van der Waals surface area contributed by atoms with E-state index in [4.69, 9.17) is 33.7 Å². The highest BCUT2D eigenvalue weighted by molar-refractivity contribution is 6.34. The number of carbonyl (C=O) groups is 2. The van der Waals surface area contributed by atoms with E-state index >= 15 is 0 Å². The molecule has 166 valence electrons.